The number of aromatic nitrogens is 1. The Hall–Kier alpha value is -3.42. The summed E-state index contributed by atoms with van der Waals surface area (Å²) in [6.45, 7) is -0.119. The summed E-state index contributed by atoms with van der Waals surface area (Å²) >= 11 is 0. The molecule has 0 atom stereocenters. The van der Waals surface area contributed by atoms with Gasteiger partial charge in [-0.2, -0.15) is 0 Å². The normalized spacial score (nSPS) is 10.7. The highest BCUT2D eigenvalue weighted by Gasteiger charge is 2.18. The van der Waals surface area contributed by atoms with Crippen LogP contribution in [0.1, 0.15) is 15.9 Å². The molecule has 2 aromatic carbocycles. The molecule has 0 unspecified atom stereocenters. The van der Waals surface area contributed by atoms with Crippen LogP contribution in [0.4, 0.5) is 23.2 Å². The van der Waals surface area contributed by atoms with Gasteiger partial charge in [0.2, 0.25) is 0 Å². The van der Waals surface area contributed by atoms with Crippen LogP contribution >= 0.6 is 0 Å². The molecule has 1 N–H and O–H groups in total. The first-order chi connectivity index (χ1) is 12.9. The van der Waals surface area contributed by atoms with E-state index in [1.807, 2.05) is 5.32 Å². The van der Waals surface area contributed by atoms with Crippen molar-refractivity contribution in [2.45, 2.75) is 6.54 Å². The van der Waals surface area contributed by atoms with Crippen molar-refractivity contribution in [2.75, 3.05) is 5.32 Å². The maximum atomic E-state index is 13.8. The van der Waals surface area contributed by atoms with E-state index in [9.17, 15) is 27.2 Å². The van der Waals surface area contributed by atoms with Crippen molar-refractivity contribution in [3.05, 3.63) is 99.5 Å². The van der Waals surface area contributed by atoms with Gasteiger partial charge in [0.1, 0.15) is 11.4 Å². The van der Waals surface area contributed by atoms with Gasteiger partial charge >= 0.3 is 0 Å². The zero-order chi connectivity index (χ0) is 19.6. The van der Waals surface area contributed by atoms with Crippen LogP contribution in [0.25, 0.3) is 0 Å². The Morgan fingerprint density at radius 2 is 1.63 bits per heavy atom. The number of pyridine rings is 1. The number of nitrogens with zero attached hydrogens (tertiary/aromatic N) is 1. The van der Waals surface area contributed by atoms with Gasteiger partial charge in [-0.25, -0.2) is 17.6 Å². The van der Waals surface area contributed by atoms with Gasteiger partial charge in [0.15, 0.2) is 17.5 Å². The van der Waals surface area contributed by atoms with Crippen molar-refractivity contribution in [3.8, 4) is 0 Å². The van der Waals surface area contributed by atoms with Crippen molar-refractivity contribution < 1.29 is 22.4 Å². The van der Waals surface area contributed by atoms with E-state index in [0.29, 0.717) is 6.07 Å². The maximum Gasteiger partial charge on any atom is 0.263 e. The summed E-state index contributed by atoms with van der Waals surface area (Å²) in [6.07, 6.45) is 1.36. The quantitative estimate of drug-likeness (QED) is 0.558. The van der Waals surface area contributed by atoms with Crippen molar-refractivity contribution in [1.82, 2.24) is 4.57 Å². The Morgan fingerprint density at radius 1 is 0.889 bits per heavy atom. The molecule has 0 spiro atoms. The summed E-state index contributed by atoms with van der Waals surface area (Å²) in [4.78, 5) is 24.7. The summed E-state index contributed by atoms with van der Waals surface area (Å²) < 4.78 is 54.8. The molecular weight excluding hydrogens is 364 g/mol. The van der Waals surface area contributed by atoms with Gasteiger partial charge in [0.05, 0.1) is 12.2 Å². The number of hydrogen-bond acceptors (Lipinski definition) is 2. The van der Waals surface area contributed by atoms with Crippen LogP contribution < -0.4 is 10.9 Å². The molecule has 3 aromatic rings. The van der Waals surface area contributed by atoms with Crippen molar-refractivity contribution in [1.29, 1.82) is 0 Å². The number of halogens is 4. The van der Waals surface area contributed by atoms with E-state index in [-0.39, 0.29) is 17.7 Å². The van der Waals surface area contributed by atoms with Gasteiger partial charge < -0.3 is 9.88 Å². The van der Waals surface area contributed by atoms with Crippen LogP contribution in [0.3, 0.4) is 0 Å². The highest BCUT2D eigenvalue weighted by Crippen LogP contribution is 2.20. The Balaban J connectivity index is 1.89. The van der Waals surface area contributed by atoms with Gasteiger partial charge in [0.25, 0.3) is 11.5 Å². The highest BCUT2D eigenvalue weighted by atomic mass is 19.2. The Kier molecular flexibility index (Phi) is 5.07. The van der Waals surface area contributed by atoms with Gasteiger partial charge in [-0.1, -0.05) is 18.2 Å². The molecule has 0 saturated carbocycles. The molecule has 1 heterocycles. The number of benzene rings is 2. The van der Waals surface area contributed by atoms with Crippen LogP contribution in [0, 0.1) is 23.3 Å². The number of carbonyl (C=O) groups is 1. The second-order valence-corrected chi connectivity index (χ2v) is 5.62. The number of nitrogens with one attached hydrogen (secondary N) is 1. The largest absolute Gasteiger partial charge is 0.319 e. The summed E-state index contributed by atoms with van der Waals surface area (Å²) in [5, 5.41) is 2.03. The standard InChI is InChI=1S/C19H12F4N2O2/c20-13-6-2-1-4-11(13)10-25-9-3-5-12(19(25)27)18(26)24-15-8-7-14(21)16(22)17(15)23/h1-9H,10H2,(H,24,26). The topological polar surface area (TPSA) is 51.1 Å². The lowest BCUT2D eigenvalue weighted by Crippen LogP contribution is -2.29. The molecule has 0 saturated heterocycles. The Bertz CT molecular complexity index is 1080. The minimum absolute atomic E-state index is 0.119. The second-order valence-electron chi connectivity index (χ2n) is 5.62. The van der Waals surface area contributed by atoms with Crippen LogP contribution in [0.15, 0.2) is 59.5 Å². The third-order valence-corrected chi connectivity index (χ3v) is 3.85. The van der Waals surface area contributed by atoms with E-state index in [1.54, 1.807) is 6.07 Å². The monoisotopic (exact) mass is 376 g/mol. The first kappa shape index (κ1) is 18.4. The van der Waals surface area contributed by atoms with Crippen LogP contribution in [-0.4, -0.2) is 10.5 Å². The first-order valence-corrected chi connectivity index (χ1v) is 7.76. The Labute approximate surface area is 150 Å². The average molecular weight is 376 g/mol. The number of amides is 1. The molecule has 138 valence electrons. The first-order valence-electron chi connectivity index (χ1n) is 7.76. The molecule has 0 bridgehead atoms. The van der Waals surface area contributed by atoms with Crippen LogP contribution in [0.2, 0.25) is 0 Å². The fraction of sp³-hybridized carbons (Fsp3) is 0.0526. The van der Waals surface area contributed by atoms with Gasteiger partial charge in [-0.3, -0.25) is 9.59 Å². The lowest BCUT2D eigenvalue weighted by Gasteiger charge is -2.10. The fourth-order valence-corrected chi connectivity index (χ4v) is 2.46. The van der Waals surface area contributed by atoms with E-state index in [4.69, 9.17) is 0 Å². The molecular formula is C19H12F4N2O2. The van der Waals surface area contributed by atoms with Gasteiger partial charge in [0, 0.05) is 11.8 Å². The molecule has 1 aromatic heterocycles. The van der Waals surface area contributed by atoms with Gasteiger partial charge in [-0.05, 0) is 30.3 Å². The molecule has 0 aliphatic rings. The zero-order valence-corrected chi connectivity index (χ0v) is 13.7. The van der Waals surface area contributed by atoms with E-state index < -0.39 is 40.4 Å². The summed E-state index contributed by atoms with van der Waals surface area (Å²) in [7, 11) is 0. The molecule has 0 aliphatic heterocycles. The number of hydrogen-bond donors (Lipinski definition) is 1. The van der Waals surface area contributed by atoms with E-state index in [1.165, 1.54) is 36.5 Å². The van der Waals surface area contributed by atoms with Crippen molar-refractivity contribution in [3.63, 3.8) is 0 Å². The molecule has 1 amide bonds. The molecule has 0 radical (unpaired) electrons. The predicted octanol–water partition coefficient (Wildman–Crippen LogP) is 3.71. The zero-order valence-electron chi connectivity index (χ0n) is 13.7. The molecule has 3 rings (SSSR count). The number of carbonyl (C=O) groups excluding carboxylic acids is 1. The lowest BCUT2D eigenvalue weighted by atomic mass is 10.2. The molecule has 0 aliphatic carbocycles. The van der Waals surface area contributed by atoms with E-state index in [2.05, 4.69) is 0 Å². The third-order valence-electron chi connectivity index (χ3n) is 3.85. The summed E-state index contributed by atoms with van der Waals surface area (Å²) in [5.41, 5.74) is -1.48. The molecule has 8 heteroatoms. The summed E-state index contributed by atoms with van der Waals surface area (Å²) in [5.74, 6) is -6.24. The van der Waals surface area contributed by atoms with Crippen LogP contribution in [-0.2, 0) is 6.54 Å². The summed E-state index contributed by atoms with van der Waals surface area (Å²) in [6, 6.07) is 9.90. The molecule has 4 nitrogen and oxygen atoms in total. The second kappa shape index (κ2) is 7.45. The fourth-order valence-electron chi connectivity index (χ4n) is 2.46. The van der Waals surface area contributed by atoms with Crippen LogP contribution in [0.5, 0.6) is 0 Å². The van der Waals surface area contributed by atoms with Crippen molar-refractivity contribution >= 4 is 11.6 Å². The lowest BCUT2D eigenvalue weighted by molar-refractivity contribution is 0.102. The number of anilines is 1. The number of rotatable bonds is 4. The van der Waals surface area contributed by atoms with Gasteiger partial charge in [-0.15, -0.1) is 0 Å². The molecule has 0 fully saturated rings. The SMILES string of the molecule is O=C(Nc1ccc(F)c(F)c1F)c1cccn(Cc2ccccc2F)c1=O. The smallest absolute Gasteiger partial charge is 0.263 e. The van der Waals surface area contributed by atoms with Crippen molar-refractivity contribution in [2.24, 2.45) is 0 Å². The third kappa shape index (κ3) is 3.74. The van der Waals surface area contributed by atoms with E-state index in [0.717, 1.165) is 10.6 Å². The molecule has 27 heavy (non-hydrogen) atoms. The minimum Gasteiger partial charge on any atom is -0.319 e. The van der Waals surface area contributed by atoms with E-state index >= 15 is 0 Å². The minimum atomic E-state index is -1.74. The predicted molar refractivity (Wildman–Crippen MR) is 90.5 cm³/mol. The maximum absolute atomic E-state index is 13.8. The Morgan fingerprint density at radius 3 is 2.37 bits per heavy atom. The highest BCUT2D eigenvalue weighted by molar-refractivity contribution is 6.04. The average Bonchev–Trinajstić information content (AvgIpc) is 2.65.